The zero-order chi connectivity index (χ0) is 14.7. The third kappa shape index (κ3) is 3.31. The third-order valence-corrected chi connectivity index (χ3v) is 3.92. The lowest BCUT2D eigenvalue weighted by Gasteiger charge is -2.24. The summed E-state index contributed by atoms with van der Waals surface area (Å²) in [5.74, 6) is 0.875. The second-order valence-corrected chi connectivity index (χ2v) is 5.67. The number of nitrogens with one attached hydrogen (secondary N) is 1. The van der Waals surface area contributed by atoms with Gasteiger partial charge in [0.2, 0.25) is 0 Å². The van der Waals surface area contributed by atoms with Crippen molar-refractivity contribution in [2.75, 3.05) is 26.7 Å². The van der Waals surface area contributed by atoms with Crippen molar-refractivity contribution in [1.29, 1.82) is 0 Å². The molecule has 1 amide bonds. The molecule has 4 heteroatoms. The molecule has 20 heavy (non-hydrogen) atoms. The quantitative estimate of drug-likeness (QED) is 0.912. The maximum atomic E-state index is 12.2. The van der Waals surface area contributed by atoms with Crippen molar-refractivity contribution >= 4 is 5.91 Å². The van der Waals surface area contributed by atoms with Crippen LogP contribution in [0.2, 0.25) is 0 Å². The van der Waals surface area contributed by atoms with Gasteiger partial charge in [0.1, 0.15) is 5.75 Å². The predicted molar refractivity (Wildman–Crippen MR) is 80.2 cm³/mol. The summed E-state index contributed by atoms with van der Waals surface area (Å²) in [6.07, 6.45) is 1.02. The first-order chi connectivity index (χ1) is 9.49. The fraction of sp³-hybridized carbons (Fsp3) is 0.562. The molecule has 0 aromatic heterocycles. The lowest BCUT2D eigenvalue weighted by molar-refractivity contribution is -0.133. The van der Waals surface area contributed by atoms with E-state index in [1.54, 1.807) is 4.90 Å². The minimum Gasteiger partial charge on any atom is -0.483 e. The van der Waals surface area contributed by atoms with Gasteiger partial charge in [-0.3, -0.25) is 4.79 Å². The Balaban J connectivity index is 1.96. The van der Waals surface area contributed by atoms with E-state index < -0.39 is 0 Å². The Kier molecular flexibility index (Phi) is 4.65. The molecule has 110 valence electrons. The molecule has 1 aliphatic rings. The lowest BCUT2D eigenvalue weighted by Crippen LogP contribution is -2.41. The fourth-order valence-corrected chi connectivity index (χ4v) is 2.80. The molecule has 1 unspecified atom stereocenters. The van der Waals surface area contributed by atoms with Crippen LogP contribution in [0.1, 0.15) is 23.1 Å². The Morgan fingerprint density at radius 3 is 2.55 bits per heavy atom. The summed E-state index contributed by atoms with van der Waals surface area (Å²) in [6, 6.07) is 4.46. The van der Waals surface area contributed by atoms with Gasteiger partial charge in [0.15, 0.2) is 6.61 Å². The van der Waals surface area contributed by atoms with E-state index in [0.717, 1.165) is 36.4 Å². The van der Waals surface area contributed by atoms with Crippen LogP contribution in [0.3, 0.4) is 0 Å². The van der Waals surface area contributed by atoms with E-state index >= 15 is 0 Å². The number of hydrogen-bond donors (Lipinski definition) is 1. The molecule has 2 rings (SSSR count). The number of nitrogens with zero attached hydrogens (tertiary/aromatic N) is 1. The largest absolute Gasteiger partial charge is 0.483 e. The van der Waals surface area contributed by atoms with Crippen molar-refractivity contribution < 1.29 is 9.53 Å². The number of ether oxygens (including phenoxy) is 1. The molecule has 1 aliphatic heterocycles. The smallest absolute Gasteiger partial charge is 0.260 e. The van der Waals surface area contributed by atoms with Gasteiger partial charge in [0, 0.05) is 19.6 Å². The molecular formula is C16H24N2O2. The van der Waals surface area contributed by atoms with Crippen LogP contribution in [0.4, 0.5) is 0 Å². The summed E-state index contributed by atoms with van der Waals surface area (Å²) in [5, 5.41) is 3.27. The second-order valence-electron chi connectivity index (χ2n) is 5.67. The fourth-order valence-electron chi connectivity index (χ4n) is 2.80. The summed E-state index contributed by atoms with van der Waals surface area (Å²) in [5.41, 5.74) is 3.38. The van der Waals surface area contributed by atoms with E-state index in [1.807, 2.05) is 20.9 Å². The zero-order valence-corrected chi connectivity index (χ0v) is 12.8. The van der Waals surface area contributed by atoms with Crippen molar-refractivity contribution in [1.82, 2.24) is 10.2 Å². The Hall–Kier alpha value is -1.55. The summed E-state index contributed by atoms with van der Waals surface area (Å²) in [4.78, 5) is 14.0. The van der Waals surface area contributed by atoms with E-state index in [0.29, 0.717) is 6.04 Å². The van der Waals surface area contributed by atoms with Gasteiger partial charge in [-0.15, -0.1) is 0 Å². The normalized spacial score (nSPS) is 18.1. The SMILES string of the molecule is Cc1cc(C)c(OCC(=O)N(C)C2CCNC2)c(C)c1. The Labute approximate surface area is 121 Å². The number of amides is 1. The average Bonchev–Trinajstić information content (AvgIpc) is 2.90. The first-order valence-corrected chi connectivity index (χ1v) is 7.16. The van der Waals surface area contributed by atoms with Crippen molar-refractivity contribution in [3.63, 3.8) is 0 Å². The van der Waals surface area contributed by atoms with Gasteiger partial charge >= 0.3 is 0 Å². The Morgan fingerprint density at radius 2 is 2.00 bits per heavy atom. The number of likely N-dealkylation sites (N-methyl/N-ethyl adjacent to an activating group) is 1. The summed E-state index contributed by atoms with van der Waals surface area (Å²) >= 11 is 0. The summed E-state index contributed by atoms with van der Waals surface area (Å²) in [6.45, 7) is 8.08. The monoisotopic (exact) mass is 276 g/mol. The van der Waals surface area contributed by atoms with Crippen LogP contribution in [0.5, 0.6) is 5.75 Å². The highest BCUT2D eigenvalue weighted by Crippen LogP contribution is 2.24. The van der Waals surface area contributed by atoms with Crippen molar-refractivity contribution in [2.24, 2.45) is 0 Å². The van der Waals surface area contributed by atoms with Gasteiger partial charge in [-0.25, -0.2) is 0 Å². The van der Waals surface area contributed by atoms with Gasteiger partial charge in [0.25, 0.3) is 5.91 Å². The van der Waals surface area contributed by atoms with E-state index in [2.05, 4.69) is 24.4 Å². The highest BCUT2D eigenvalue weighted by molar-refractivity contribution is 5.78. The molecule has 0 bridgehead atoms. The van der Waals surface area contributed by atoms with Crippen LogP contribution in [-0.2, 0) is 4.79 Å². The minimum absolute atomic E-state index is 0.0399. The van der Waals surface area contributed by atoms with Crippen LogP contribution in [-0.4, -0.2) is 43.6 Å². The molecule has 1 heterocycles. The Bertz CT molecular complexity index is 470. The third-order valence-electron chi connectivity index (χ3n) is 3.92. The molecule has 4 nitrogen and oxygen atoms in total. The second kappa shape index (κ2) is 6.27. The van der Waals surface area contributed by atoms with Crippen LogP contribution in [0.25, 0.3) is 0 Å². The number of carbonyl (C=O) groups excluding carboxylic acids is 1. The topological polar surface area (TPSA) is 41.6 Å². The van der Waals surface area contributed by atoms with Crippen molar-refractivity contribution in [3.8, 4) is 5.75 Å². The Morgan fingerprint density at radius 1 is 1.35 bits per heavy atom. The number of aryl methyl sites for hydroxylation is 3. The standard InChI is InChI=1S/C16H24N2O2/c1-11-7-12(2)16(13(3)8-11)20-10-15(19)18(4)14-5-6-17-9-14/h7-8,14,17H,5-6,9-10H2,1-4H3. The van der Waals surface area contributed by atoms with Crippen LogP contribution in [0.15, 0.2) is 12.1 Å². The van der Waals surface area contributed by atoms with Gasteiger partial charge in [0.05, 0.1) is 0 Å². The van der Waals surface area contributed by atoms with Crippen LogP contribution < -0.4 is 10.1 Å². The van der Waals surface area contributed by atoms with Gasteiger partial charge < -0.3 is 15.0 Å². The minimum atomic E-state index is 0.0399. The van der Waals surface area contributed by atoms with E-state index in [-0.39, 0.29) is 12.5 Å². The number of rotatable bonds is 4. The molecule has 1 N–H and O–H groups in total. The number of benzene rings is 1. The molecule has 1 fully saturated rings. The van der Waals surface area contributed by atoms with E-state index in [9.17, 15) is 4.79 Å². The molecule has 0 radical (unpaired) electrons. The van der Waals surface area contributed by atoms with E-state index in [4.69, 9.17) is 4.74 Å². The van der Waals surface area contributed by atoms with E-state index in [1.165, 1.54) is 5.56 Å². The molecule has 0 aliphatic carbocycles. The summed E-state index contributed by atoms with van der Waals surface area (Å²) < 4.78 is 5.75. The lowest BCUT2D eigenvalue weighted by atomic mass is 10.1. The van der Waals surface area contributed by atoms with Crippen LogP contribution >= 0.6 is 0 Å². The summed E-state index contributed by atoms with van der Waals surface area (Å²) in [7, 11) is 1.86. The maximum absolute atomic E-state index is 12.2. The molecule has 0 spiro atoms. The van der Waals surface area contributed by atoms with Gasteiger partial charge in [-0.1, -0.05) is 17.7 Å². The molecule has 1 aromatic rings. The molecule has 1 aromatic carbocycles. The highest BCUT2D eigenvalue weighted by Gasteiger charge is 2.23. The molecule has 1 saturated heterocycles. The average molecular weight is 276 g/mol. The van der Waals surface area contributed by atoms with Gasteiger partial charge in [-0.05, 0) is 44.9 Å². The first-order valence-electron chi connectivity index (χ1n) is 7.16. The first kappa shape index (κ1) is 14.9. The zero-order valence-electron chi connectivity index (χ0n) is 12.8. The highest BCUT2D eigenvalue weighted by atomic mass is 16.5. The molecular weight excluding hydrogens is 252 g/mol. The number of hydrogen-bond acceptors (Lipinski definition) is 3. The molecule has 0 saturated carbocycles. The van der Waals surface area contributed by atoms with Gasteiger partial charge in [-0.2, -0.15) is 0 Å². The van der Waals surface area contributed by atoms with Crippen molar-refractivity contribution in [2.45, 2.75) is 33.2 Å². The predicted octanol–water partition coefficient (Wildman–Crippen LogP) is 1.81. The molecule has 1 atom stereocenters. The number of carbonyl (C=O) groups is 1. The van der Waals surface area contributed by atoms with Crippen LogP contribution in [0, 0.1) is 20.8 Å². The van der Waals surface area contributed by atoms with Crippen molar-refractivity contribution in [3.05, 3.63) is 28.8 Å². The maximum Gasteiger partial charge on any atom is 0.260 e.